The summed E-state index contributed by atoms with van der Waals surface area (Å²) in [4.78, 5) is 26.0. The van der Waals surface area contributed by atoms with Crippen LogP contribution in [0.1, 0.15) is 12.2 Å². The van der Waals surface area contributed by atoms with Crippen LogP contribution in [0.2, 0.25) is 0 Å². The third-order valence-electron chi connectivity index (χ3n) is 3.51. The lowest BCUT2D eigenvalue weighted by Crippen LogP contribution is -2.28. The van der Waals surface area contributed by atoms with E-state index in [1.165, 1.54) is 0 Å². The fourth-order valence-electron chi connectivity index (χ4n) is 2.41. The molecule has 0 bridgehead atoms. The molecule has 6 nitrogen and oxygen atoms in total. The fraction of sp³-hybridized carbons (Fsp3) is 0.267. The van der Waals surface area contributed by atoms with Crippen LogP contribution in [-0.2, 0) is 9.59 Å². The second-order valence-electron chi connectivity index (χ2n) is 5.19. The van der Waals surface area contributed by atoms with Crippen LogP contribution in [0.3, 0.4) is 0 Å². The van der Waals surface area contributed by atoms with Crippen LogP contribution in [0.15, 0.2) is 39.3 Å². The summed E-state index contributed by atoms with van der Waals surface area (Å²) in [6.45, 7) is 2.11. The quantitative estimate of drug-likeness (QED) is 0.909. The smallest absolute Gasteiger partial charge is 0.231 e. The van der Waals surface area contributed by atoms with E-state index in [1.807, 2.05) is 24.3 Å². The predicted octanol–water partition coefficient (Wildman–Crippen LogP) is 2.74. The first-order chi connectivity index (χ1) is 10.5. The van der Waals surface area contributed by atoms with Crippen molar-refractivity contribution in [3.8, 4) is 0 Å². The van der Waals surface area contributed by atoms with E-state index in [2.05, 4.69) is 26.4 Å². The molecule has 1 aromatic heterocycles. The Morgan fingerprint density at radius 3 is 2.77 bits per heavy atom. The van der Waals surface area contributed by atoms with Gasteiger partial charge < -0.3 is 14.7 Å². The van der Waals surface area contributed by atoms with Crippen molar-refractivity contribution in [1.82, 2.24) is 5.16 Å². The summed E-state index contributed by atoms with van der Waals surface area (Å²) >= 11 is 3.36. The van der Waals surface area contributed by atoms with Crippen molar-refractivity contribution in [2.24, 2.45) is 5.92 Å². The van der Waals surface area contributed by atoms with Gasteiger partial charge in [0.2, 0.25) is 11.8 Å². The lowest BCUT2D eigenvalue weighted by Gasteiger charge is -2.16. The molecule has 1 atom stereocenters. The number of rotatable bonds is 3. The number of nitrogens with one attached hydrogen (secondary N) is 1. The second kappa shape index (κ2) is 5.92. The van der Waals surface area contributed by atoms with Gasteiger partial charge in [-0.2, -0.15) is 0 Å². The number of carbonyl (C=O) groups excluding carboxylic acids is 2. The van der Waals surface area contributed by atoms with Crippen molar-refractivity contribution in [3.63, 3.8) is 0 Å². The van der Waals surface area contributed by atoms with E-state index in [9.17, 15) is 9.59 Å². The highest BCUT2D eigenvalue weighted by molar-refractivity contribution is 9.10. The van der Waals surface area contributed by atoms with Crippen molar-refractivity contribution >= 4 is 39.2 Å². The minimum absolute atomic E-state index is 0.0567. The summed E-state index contributed by atoms with van der Waals surface area (Å²) < 4.78 is 5.85. The minimum Gasteiger partial charge on any atom is -0.360 e. The average Bonchev–Trinajstić information content (AvgIpc) is 3.06. The summed E-state index contributed by atoms with van der Waals surface area (Å²) in [5, 5.41) is 6.40. The molecule has 22 heavy (non-hydrogen) atoms. The molecule has 1 aliphatic rings. The van der Waals surface area contributed by atoms with E-state index >= 15 is 0 Å². The maximum atomic E-state index is 12.2. The van der Waals surface area contributed by atoms with Crippen molar-refractivity contribution in [2.45, 2.75) is 13.3 Å². The maximum Gasteiger partial charge on any atom is 0.231 e. The number of hydrogen-bond acceptors (Lipinski definition) is 4. The van der Waals surface area contributed by atoms with E-state index in [0.717, 1.165) is 10.2 Å². The Morgan fingerprint density at radius 2 is 2.14 bits per heavy atom. The first-order valence-corrected chi connectivity index (χ1v) is 7.62. The number of hydrogen-bond donors (Lipinski definition) is 1. The minimum atomic E-state index is -0.395. The molecule has 0 aliphatic carbocycles. The lowest BCUT2D eigenvalue weighted by molar-refractivity contribution is -0.122. The Bertz CT molecular complexity index is 711. The molecular formula is C15H14BrN3O3. The highest BCUT2D eigenvalue weighted by atomic mass is 79.9. The number of nitrogens with zero attached hydrogens (tertiary/aromatic N) is 2. The zero-order chi connectivity index (χ0) is 15.7. The van der Waals surface area contributed by atoms with Crippen molar-refractivity contribution < 1.29 is 14.1 Å². The summed E-state index contributed by atoms with van der Waals surface area (Å²) in [5.41, 5.74) is 0.792. The molecule has 0 radical (unpaired) electrons. The van der Waals surface area contributed by atoms with Crippen LogP contribution in [0, 0.1) is 12.8 Å². The molecule has 2 heterocycles. The van der Waals surface area contributed by atoms with Crippen LogP contribution < -0.4 is 10.2 Å². The van der Waals surface area contributed by atoms with E-state index in [4.69, 9.17) is 4.52 Å². The lowest BCUT2D eigenvalue weighted by atomic mass is 10.1. The summed E-state index contributed by atoms with van der Waals surface area (Å²) in [5.74, 6) is 0.319. The molecule has 0 saturated carbocycles. The largest absolute Gasteiger partial charge is 0.360 e. The van der Waals surface area contributed by atoms with E-state index in [-0.39, 0.29) is 18.2 Å². The van der Waals surface area contributed by atoms with Gasteiger partial charge in [-0.3, -0.25) is 9.59 Å². The van der Waals surface area contributed by atoms with Gasteiger partial charge in [0.25, 0.3) is 0 Å². The van der Waals surface area contributed by atoms with Crippen LogP contribution in [0.4, 0.5) is 11.5 Å². The molecule has 0 spiro atoms. The van der Waals surface area contributed by atoms with Gasteiger partial charge in [-0.25, -0.2) is 0 Å². The Morgan fingerprint density at radius 1 is 1.41 bits per heavy atom. The maximum absolute atomic E-state index is 12.2. The van der Waals surface area contributed by atoms with Crippen LogP contribution in [0.25, 0.3) is 0 Å². The number of carbonyl (C=O) groups is 2. The first kappa shape index (κ1) is 14.8. The standard InChI is InChI=1S/C15H14BrN3O3/c1-9-6-13(18-22-9)17-15(21)10-7-14(20)19(8-10)12-4-2-11(16)3-5-12/h2-6,10H,7-8H2,1H3,(H,17,18,21). The summed E-state index contributed by atoms with van der Waals surface area (Å²) in [6, 6.07) is 9.08. The van der Waals surface area contributed by atoms with Gasteiger partial charge in [0.1, 0.15) is 5.76 Å². The van der Waals surface area contributed by atoms with Crippen LogP contribution >= 0.6 is 15.9 Å². The summed E-state index contributed by atoms with van der Waals surface area (Å²) in [6.07, 6.45) is 0.193. The van der Waals surface area contributed by atoms with Crippen molar-refractivity contribution in [1.29, 1.82) is 0 Å². The predicted molar refractivity (Wildman–Crippen MR) is 84.5 cm³/mol. The SMILES string of the molecule is Cc1cc(NC(=O)C2CC(=O)N(c3ccc(Br)cc3)C2)no1. The van der Waals surface area contributed by atoms with Gasteiger partial charge >= 0.3 is 0 Å². The molecule has 7 heteroatoms. The van der Waals surface area contributed by atoms with Gasteiger partial charge in [-0.05, 0) is 31.2 Å². The molecule has 2 aromatic rings. The topological polar surface area (TPSA) is 75.4 Å². The molecule has 2 amide bonds. The number of amides is 2. The molecule has 1 aromatic carbocycles. The zero-order valence-electron chi connectivity index (χ0n) is 11.9. The average molecular weight is 364 g/mol. The van der Waals surface area contributed by atoms with Gasteiger partial charge in [-0.15, -0.1) is 0 Å². The first-order valence-electron chi connectivity index (χ1n) is 6.83. The van der Waals surface area contributed by atoms with Crippen LogP contribution in [0.5, 0.6) is 0 Å². The van der Waals surface area contributed by atoms with Crippen molar-refractivity contribution in [3.05, 3.63) is 40.6 Å². The third-order valence-corrected chi connectivity index (χ3v) is 4.04. The Balaban J connectivity index is 1.68. The zero-order valence-corrected chi connectivity index (χ0v) is 13.5. The number of anilines is 2. The highest BCUT2D eigenvalue weighted by Crippen LogP contribution is 2.27. The van der Waals surface area contributed by atoms with Gasteiger partial charge in [0.05, 0.1) is 5.92 Å². The number of aromatic nitrogens is 1. The third kappa shape index (κ3) is 3.04. The highest BCUT2D eigenvalue weighted by Gasteiger charge is 2.35. The molecular weight excluding hydrogens is 350 g/mol. The van der Waals surface area contributed by atoms with Gasteiger partial charge in [0.15, 0.2) is 5.82 Å². The van der Waals surface area contributed by atoms with E-state index in [1.54, 1.807) is 17.9 Å². The second-order valence-corrected chi connectivity index (χ2v) is 6.11. The summed E-state index contributed by atoms with van der Waals surface area (Å²) in [7, 11) is 0. The molecule has 3 rings (SSSR count). The van der Waals surface area contributed by atoms with Gasteiger partial charge in [0, 0.05) is 29.2 Å². The molecule has 1 fully saturated rings. The normalized spacial score (nSPS) is 17.8. The molecule has 114 valence electrons. The number of benzene rings is 1. The molecule has 1 N–H and O–H groups in total. The fourth-order valence-corrected chi connectivity index (χ4v) is 2.67. The molecule has 1 aliphatic heterocycles. The number of halogens is 1. The number of aryl methyl sites for hydroxylation is 1. The van der Waals surface area contributed by atoms with Gasteiger partial charge in [-0.1, -0.05) is 21.1 Å². The monoisotopic (exact) mass is 363 g/mol. The van der Waals surface area contributed by atoms with Crippen molar-refractivity contribution in [2.75, 3.05) is 16.8 Å². The Kier molecular flexibility index (Phi) is 3.98. The van der Waals surface area contributed by atoms with Crippen LogP contribution in [-0.4, -0.2) is 23.5 Å². The van der Waals surface area contributed by atoms with E-state index < -0.39 is 5.92 Å². The molecule has 1 saturated heterocycles. The Labute approximate surface area is 135 Å². The molecule has 1 unspecified atom stereocenters. The Hall–Kier alpha value is -2.15. The van der Waals surface area contributed by atoms with E-state index in [0.29, 0.717) is 18.1 Å².